The molecule has 0 heterocycles. The smallest absolute Gasteiger partial charge is 0.407 e. The van der Waals surface area contributed by atoms with Gasteiger partial charge in [-0.3, -0.25) is 4.79 Å². The van der Waals surface area contributed by atoms with E-state index in [0.717, 1.165) is 5.56 Å². The number of hydrogen-bond acceptors (Lipinski definition) is 4. The normalized spacial score (nSPS) is 11.5. The van der Waals surface area contributed by atoms with Gasteiger partial charge in [-0.15, -0.1) is 0 Å². The van der Waals surface area contributed by atoms with Crippen molar-refractivity contribution in [2.45, 2.75) is 33.3 Å². The molecule has 0 spiro atoms. The lowest BCUT2D eigenvalue weighted by molar-refractivity contribution is -0.143. The van der Waals surface area contributed by atoms with Crippen molar-refractivity contribution >= 4 is 12.1 Å². The van der Waals surface area contributed by atoms with Crippen LogP contribution in [-0.4, -0.2) is 25.2 Å². The molecule has 1 aromatic carbocycles. The van der Waals surface area contributed by atoms with Crippen molar-refractivity contribution < 1.29 is 19.1 Å². The molecule has 0 unspecified atom stereocenters. The number of carbonyl (C=O) groups excluding carboxylic acids is 2. The summed E-state index contributed by atoms with van der Waals surface area (Å²) in [5.74, 6) is -0.00492. The van der Waals surface area contributed by atoms with Crippen LogP contribution >= 0.6 is 0 Å². The molecule has 0 aliphatic carbocycles. The largest absolute Gasteiger partial charge is 0.466 e. The molecular formula is C16H23NO4. The maximum atomic E-state index is 11.5. The van der Waals surface area contributed by atoms with E-state index < -0.39 is 6.09 Å². The maximum Gasteiger partial charge on any atom is 0.407 e. The van der Waals surface area contributed by atoms with E-state index in [1.165, 1.54) is 0 Å². The van der Waals surface area contributed by atoms with Crippen LogP contribution in [0.25, 0.3) is 0 Å². The van der Waals surface area contributed by atoms with Crippen LogP contribution in [0.15, 0.2) is 30.3 Å². The number of carbonyl (C=O) groups is 2. The van der Waals surface area contributed by atoms with Gasteiger partial charge in [0.15, 0.2) is 0 Å². The molecule has 1 amide bonds. The molecule has 0 saturated heterocycles. The summed E-state index contributed by atoms with van der Waals surface area (Å²) in [7, 11) is 0. The Morgan fingerprint density at radius 1 is 1.19 bits per heavy atom. The van der Waals surface area contributed by atoms with Crippen LogP contribution in [0.4, 0.5) is 4.79 Å². The summed E-state index contributed by atoms with van der Waals surface area (Å²) in [5.41, 5.74) is 0.947. The summed E-state index contributed by atoms with van der Waals surface area (Å²) < 4.78 is 9.96. The second kappa shape index (κ2) is 9.80. The molecule has 0 fully saturated rings. The molecule has 0 radical (unpaired) electrons. The van der Waals surface area contributed by atoms with Gasteiger partial charge in [0, 0.05) is 13.0 Å². The topological polar surface area (TPSA) is 64.6 Å². The highest BCUT2D eigenvalue weighted by Gasteiger charge is 2.09. The summed E-state index contributed by atoms with van der Waals surface area (Å²) in [6, 6.07) is 9.50. The molecule has 116 valence electrons. The minimum atomic E-state index is -0.443. The first-order valence-corrected chi connectivity index (χ1v) is 7.22. The minimum Gasteiger partial charge on any atom is -0.466 e. The summed E-state index contributed by atoms with van der Waals surface area (Å²) in [5, 5.41) is 2.70. The molecule has 0 saturated carbocycles. The first kappa shape index (κ1) is 17.0. The van der Waals surface area contributed by atoms with Gasteiger partial charge in [-0.25, -0.2) is 4.79 Å². The van der Waals surface area contributed by atoms with Crippen molar-refractivity contribution in [1.29, 1.82) is 0 Å². The van der Waals surface area contributed by atoms with Crippen molar-refractivity contribution in [1.82, 2.24) is 5.32 Å². The molecular weight excluding hydrogens is 270 g/mol. The van der Waals surface area contributed by atoms with Crippen molar-refractivity contribution in [3.05, 3.63) is 35.9 Å². The third kappa shape index (κ3) is 7.97. The van der Waals surface area contributed by atoms with Gasteiger partial charge < -0.3 is 14.8 Å². The summed E-state index contributed by atoms with van der Waals surface area (Å²) >= 11 is 0. The van der Waals surface area contributed by atoms with Gasteiger partial charge in [0.05, 0.1) is 6.61 Å². The zero-order valence-corrected chi connectivity index (χ0v) is 12.6. The van der Waals surface area contributed by atoms with E-state index in [-0.39, 0.29) is 18.5 Å². The zero-order chi connectivity index (χ0) is 15.5. The Bertz CT molecular complexity index is 433. The quantitative estimate of drug-likeness (QED) is 0.748. The number of nitrogens with one attached hydrogen (secondary N) is 1. The van der Waals surface area contributed by atoms with E-state index >= 15 is 0 Å². The van der Waals surface area contributed by atoms with Gasteiger partial charge >= 0.3 is 12.1 Å². The minimum absolute atomic E-state index is 0.193. The van der Waals surface area contributed by atoms with Crippen LogP contribution in [0.2, 0.25) is 0 Å². The number of hydrogen-bond donors (Lipinski definition) is 1. The Hall–Kier alpha value is -2.04. The molecule has 21 heavy (non-hydrogen) atoms. The Labute approximate surface area is 125 Å². The summed E-state index contributed by atoms with van der Waals surface area (Å²) in [4.78, 5) is 22.7. The fourth-order valence-corrected chi connectivity index (χ4v) is 1.73. The van der Waals surface area contributed by atoms with E-state index in [4.69, 9.17) is 9.47 Å². The predicted octanol–water partition coefficient (Wildman–Crippen LogP) is 2.89. The van der Waals surface area contributed by atoms with E-state index in [9.17, 15) is 9.59 Å². The Kier molecular flexibility index (Phi) is 7.94. The van der Waals surface area contributed by atoms with Gasteiger partial charge in [-0.05, 0) is 24.8 Å². The van der Waals surface area contributed by atoms with Crippen LogP contribution in [0.5, 0.6) is 0 Å². The highest BCUT2D eigenvalue weighted by atomic mass is 16.5. The highest BCUT2D eigenvalue weighted by Crippen LogP contribution is 2.06. The number of alkyl carbamates (subject to hydrolysis) is 1. The third-order valence-electron chi connectivity index (χ3n) is 2.95. The number of ether oxygens (including phenoxy) is 2. The van der Waals surface area contributed by atoms with Gasteiger partial charge in [0.25, 0.3) is 0 Å². The lowest BCUT2D eigenvalue weighted by atomic mass is 10.1. The van der Waals surface area contributed by atoms with Crippen LogP contribution in [-0.2, 0) is 20.9 Å². The van der Waals surface area contributed by atoms with Crippen LogP contribution in [0.1, 0.15) is 32.3 Å². The SMILES string of the molecule is CCOC(=O)CC[C@@H](C)CNC(=O)OCc1ccccc1. The Balaban J connectivity index is 2.13. The van der Waals surface area contributed by atoms with Crippen LogP contribution < -0.4 is 5.32 Å². The van der Waals surface area contributed by atoms with Gasteiger partial charge in [0.1, 0.15) is 6.61 Å². The van der Waals surface area contributed by atoms with Gasteiger partial charge in [-0.1, -0.05) is 37.3 Å². The molecule has 1 rings (SSSR count). The van der Waals surface area contributed by atoms with Gasteiger partial charge in [0.2, 0.25) is 0 Å². The number of rotatable bonds is 8. The molecule has 5 heteroatoms. The van der Waals surface area contributed by atoms with E-state index in [2.05, 4.69) is 5.32 Å². The monoisotopic (exact) mass is 293 g/mol. The summed E-state index contributed by atoms with van der Waals surface area (Å²) in [6.07, 6.45) is 0.606. The number of amides is 1. The lowest BCUT2D eigenvalue weighted by Crippen LogP contribution is -2.29. The lowest BCUT2D eigenvalue weighted by Gasteiger charge is -2.12. The fourth-order valence-electron chi connectivity index (χ4n) is 1.73. The standard InChI is InChI=1S/C16H23NO4/c1-3-20-15(18)10-9-13(2)11-17-16(19)21-12-14-7-5-4-6-8-14/h4-8,13H,3,9-12H2,1-2H3,(H,17,19)/t13-/m1/s1. The van der Waals surface area contributed by atoms with Crippen molar-refractivity contribution in [2.24, 2.45) is 5.92 Å². The molecule has 0 aromatic heterocycles. The van der Waals surface area contributed by atoms with E-state index in [1.54, 1.807) is 6.92 Å². The fraction of sp³-hybridized carbons (Fsp3) is 0.500. The molecule has 1 atom stereocenters. The van der Waals surface area contributed by atoms with E-state index in [1.807, 2.05) is 37.3 Å². The number of esters is 1. The highest BCUT2D eigenvalue weighted by molar-refractivity contribution is 5.69. The van der Waals surface area contributed by atoms with Crippen molar-refractivity contribution in [3.63, 3.8) is 0 Å². The average Bonchev–Trinajstić information content (AvgIpc) is 2.50. The molecule has 0 aliphatic heterocycles. The first-order chi connectivity index (χ1) is 10.1. The molecule has 0 bridgehead atoms. The number of benzene rings is 1. The molecule has 1 aromatic rings. The second-order valence-corrected chi connectivity index (χ2v) is 4.89. The Morgan fingerprint density at radius 2 is 1.90 bits per heavy atom. The van der Waals surface area contributed by atoms with Crippen molar-refractivity contribution in [3.8, 4) is 0 Å². The van der Waals surface area contributed by atoms with Crippen LogP contribution in [0.3, 0.4) is 0 Å². The summed E-state index contributed by atoms with van der Waals surface area (Å²) in [6.45, 7) is 4.89. The molecule has 5 nitrogen and oxygen atoms in total. The molecule has 1 N–H and O–H groups in total. The second-order valence-electron chi connectivity index (χ2n) is 4.89. The predicted molar refractivity (Wildman–Crippen MR) is 79.7 cm³/mol. The first-order valence-electron chi connectivity index (χ1n) is 7.22. The zero-order valence-electron chi connectivity index (χ0n) is 12.6. The van der Waals surface area contributed by atoms with Gasteiger partial charge in [-0.2, -0.15) is 0 Å². The Morgan fingerprint density at radius 3 is 2.57 bits per heavy atom. The average molecular weight is 293 g/mol. The van der Waals surface area contributed by atoms with Crippen LogP contribution in [0, 0.1) is 5.92 Å². The third-order valence-corrected chi connectivity index (χ3v) is 2.95. The van der Waals surface area contributed by atoms with E-state index in [0.29, 0.717) is 26.0 Å². The molecule has 0 aliphatic rings. The van der Waals surface area contributed by atoms with Crippen molar-refractivity contribution in [2.75, 3.05) is 13.2 Å². The maximum absolute atomic E-state index is 11.5.